The fourth-order valence-corrected chi connectivity index (χ4v) is 17.8. The monoisotopic (exact) mass is 1490 g/mol. The van der Waals surface area contributed by atoms with E-state index in [0.717, 1.165) is 200 Å². The average Bonchev–Trinajstić information content (AvgIpc) is 1.62. The number of ether oxygens (including phenoxy) is 6. The zero-order valence-corrected chi connectivity index (χ0v) is 69.3. The van der Waals surface area contributed by atoms with Crippen LogP contribution in [0.5, 0.6) is 51.7 Å². The van der Waals surface area contributed by atoms with Gasteiger partial charge in [0.1, 0.15) is 69.2 Å². The van der Waals surface area contributed by atoms with E-state index in [0.29, 0.717) is 57.9 Å². The van der Waals surface area contributed by atoms with Crippen molar-refractivity contribution in [3.63, 3.8) is 0 Å². The van der Waals surface area contributed by atoms with Crippen LogP contribution in [0.4, 0.5) is 11.6 Å². The van der Waals surface area contributed by atoms with Crippen molar-refractivity contribution in [3.8, 4) is 62.9 Å². The summed E-state index contributed by atoms with van der Waals surface area (Å²) in [6, 6.07) is 44.4. The molecule has 0 saturated heterocycles. The Labute approximate surface area is 657 Å². The highest BCUT2D eigenvalue weighted by molar-refractivity contribution is 6.30. The van der Waals surface area contributed by atoms with Crippen molar-refractivity contribution < 1.29 is 38.3 Å². The van der Waals surface area contributed by atoms with E-state index in [1.807, 2.05) is 30.3 Å². The number of aromatic amines is 1. The highest BCUT2D eigenvalue weighted by Gasteiger charge is 2.41. The molecule has 1 unspecified atom stereocenters. The molecular weight excluding hydrogens is 1380 g/mol. The van der Waals surface area contributed by atoms with Crippen molar-refractivity contribution in [1.82, 2.24) is 10.3 Å². The minimum Gasteiger partial charge on any atom is -0.496 e. The molecule has 9 aromatic rings. The molecule has 3 N–H and O–H groups in total. The van der Waals surface area contributed by atoms with E-state index in [1.165, 1.54) is 0 Å². The van der Waals surface area contributed by atoms with Gasteiger partial charge in [0, 0.05) is 72.0 Å². The Kier molecular flexibility index (Phi) is 21.9. The molecule has 1 aromatic heterocycles. The van der Waals surface area contributed by atoms with Gasteiger partial charge in [-0.1, -0.05) is 187 Å². The van der Waals surface area contributed by atoms with E-state index in [-0.39, 0.29) is 38.1 Å². The molecule has 1 atom stereocenters. The summed E-state index contributed by atoms with van der Waals surface area (Å²) in [5.74, 6) is 8.68. The number of amidine groups is 4. The fourth-order valence-electron chi connectivity index (χ4n) is 17.8. The van der Waals surface area contributed by atoms with Crippen molar-refractivity contribution in [2.24, 2.45) is 25.0 Å². The number of hydrogen-bond donors (Lipinski definition) is 3. The molecule has 8 bridgehead atoms. The maximum atomic E-state index is 12.2. The number of nitrogens with one attached hydrogen (secondary N) is 2. The fraction of sp³-hybridized carbons (Fsp3) is 0.417. The molecule has 0 saturated carbocycles. The molecule has 0 aliphatic carbocycles. The van der Waals surface area contributed by atoms with Crippen LogP contribution in [-0.4, -0.2) is 66.4 Å². The molecule has 0 fully saturated rings. The minimum absolute atomic E-state index is 0.198. The molecular formula is C96H113N7O8. The van der Waals surface area contributed by atoms with E-state index in [9.17, 15) is 9.90 Å². The second-order valence-electron chi connectivity index (χ2n) is 34.7. The Hall–Kier alpha value is -10.3. The highest BCUT2D eigenvalue weighted by Crippen LogP contribution is 2.52. The molecule has 111 heavy (non-hydrogen) atoms. The Morgan fingerprint density at radius 3 is 1.19 bits per heavy atom. The molecule has 0 amide bonds. The summed E-state index contributed by atoms with van der Waals surface area (Å²) in [6.07, 6.45) is 11.6. The lowest BCUT2D eigenvalue weighted by Crippen LogP contribution is -2.27. The van der Waals surface area contributed by atoms with Crippen LogP contribution in [0.3, 0.4) is 0 Å². The third-order valence-electron chi connectivity index (χ3n) is 23.7. The van der Waals surface area contributed by atoms with Gasteiger partial charge in [-0.05, 0) is 197 Å². The van der Waals surface area contributed by atoms with Crippen molar-refractivity contribution in [2.75, 3.05) is 21.3 Å². The Morgan fingerprint density at radius 1 is 0.369 bits per heavy atom. The Morgan fingerprint density at radius 2 is 0.739 bits per heavy atom. The van der Waals surface area contributed by atoms with Gasteiger partial charge < -0.3 is 43.8 Å². The maximum absolute atomic E-state index is 12.2. The summed E-state index contributed by atoms with van der Waals surface area (Å²) in [6.45, 7) is 40.8. The lowest BCUT2D eigenvalue weighted by molar-refractivity contribution is 0.0696. The van der Waals surface area contributed by atoms with Gasteiger partial charge in [-0.2, -0.15) is 0 Å². The van der Waals surface area contributed by atoms with Crippen LogP contribution in [0.25, 0.3) is 21.9 Å². The first-order valence-electron chi connectivity index (χ1n) is 40.2. The van der Waals surface area contributed by atoms with Gasteiger partial charge in [0.25, 0.3) is 0 Å². The van der Waals surface area contributed by atoms with Gasteiger partial charge >= 0.3 is 5.97 Å². The number of carboxylic acids is 1. The summed E-state index contributed by atoms with van der Waals surface area (Å²) in [5, 5.41) is 15.5. The number of aromatic carboxylic acids is 1. The maximum Gasteiger partial charge on any atom is 0.335 e. The number of H-pyrrole nitrogens is 1. The zero-order chi connectivity index (χ0) is 79.4. The van der Waals surface area contributed by atoms with Gasteiger partial charge in [-0.15, -0.1) is 0 Å². The number of carbonyl (C=O) groups is 1. The van der Waals surface area contributed by atoms with Gasteiger partial charge in [0.2, 0.25) is 0 Å². The van der Waals surface area contributed by atoms with Gasteiger partial charge in [0.05, 0.1) is 38.6 Å². The molecule has 15 heteroatoms. The summed E-state index contributed by atoms with van der Waals surface area (Å²) in [7, 11) is 5.30. The molecule has 15 nitrogen and oxygen atoms in total. The number of carboxylic acid groups (broad SMARTS) is 1. The van der Waals surface area contributed by atoms with Crippen LogP contribution in [0.15, 0.2) is 158 Å². The predicted molar refractivity (Wildman–Crippen MR) is 455 cm³/mol. The van der Waals surface area contributed by atoms with E-state index >= 15 is 0 Å². The SMILES string of the molecule is CCCC(C)(C)c1cc(Oc2ccc3c(c2)C2=N/C3=N/c3[nH]c(c4ccc(Oc5cc(C(C)(C)CCC)c(OC)cc5C(C)(C)CCC)cc34)/N=C3\N=C(c4ccc(-c5ccc(C(=O)O)cc5)cc43)C3NC(=N2)c2ccc(Oc4cc(C(C)(C)CCC)c(OC)cc4C(C)(C)CCC)cc23)c(C(C)(C)CCC)cc1OC. The van der Waals surface area contributed by atoms with Crippen LogP contribution in [0.1, 0.15) is 285 Å². The second kappa shape index (κ2) is 30.8. The van der Waals surface area contributed by atoms with Gasteiger partial charge in [-0.25, -0.2) is 29.8 Å². The molecule has 580 valence electrons. The molecule has 0 spiro atoms. The molecule has 0 radical (unpaired) electrons. The normalized spacial score (nSPS) is 15.7. The van der Waals surface area contributed by atoms with E-state index in [4.69, 9.17) is 53.4 Å². The van der Waals surface area contributed by atoms with Crippen molar-refractivity contribution in [2.45, 2.75) is 240 Å². The molecule has 4 aliphatic heterocycles. The number of aliphatic imine (C=N–C) groups is 5. The molecule has 13 rings (SSSR count). The number of nitrogens with zero attached hydrogens (tertiary/aromatic N) is 5. The van der Waals surface area contributed by atoms with Crippen LogP contribution in [-0.2, 0) is 32.5 Å². The second-order valence-corrected chi connectivity index (χ2v) is 34.7. The van der Waals surface area contributed by atoms with Crippen molar-refractivity contribution in [1.29, 1.82) is 0 Å². The van der Waals surface area contributed by atoms with E-state index < -0.39 is 12.0 Å². The van der Waals surface area contributed by atoms with E-state index in [2.05, 4.69) is 226 Å². The Balaban J connectivity index is 1.05. The van der Waals surface area contributed by atoms with Crippen molar-refractivity contribution >= 4 is 57.4 Å². The lowest BCUT2D eigenvalue weighted by Gasteiger charge is -2.32. The van der Waals surface area contributed by atoms with Crippen LogP contribution in [0, 0.1) is 0 Å². The summed E-state index contributed by atoms with van der Waals surface area (Å²) < 4.78 is 40.8. The summed E-state index contributed by atoms with van der Waals surface area (Å²) in [5.41, 5.74) is 12.5. The van der Waals surface area contributed by atoms with Crippen molar-refractivity contribution in [3.05, 3.63) is 206 Å². The summed E-state index contributed by atoms with van der Waals surface area (Å²) in [4.78, 5) is 44.0. The lowest BCUT2D eigenvalue weighted by atomic mass is 9.75. The third-order valence-corrected chi connectivity index (χ3v) is 23.7. The number of fused-ring (bicyclic) bond motifs is 19. The van der Waals surface area contributed by atoms with Gasteiger partial charge in [0.15, 0.2) is 17.5 Å². The minimum atomic E-state index is -0.995. The zero-order valence-electron chi connectivity index (χ0n) is 69.3. The van der Waals surface area contributed by atoms with E-state index in [1.54, 1.807) is 33.5 Å². The smallest absolute Gasteiger partial charge is 0.335 e. The Bertz CT molecular complexity index is 5270. The van der Waals surface area contributed by atoms with Crippen LogP contribution in [0.2, 0.25) is 0 Å². The molecule has 4 aliphatic rings. The topological polar surface area (TPSA) is 182 Å². The first-order valence-corrected chi connectivity index (χ1v) is 40.2. The number of rotatable bonds is 29. The quantitative estimate of drug-likeness (QED) is 0.0411. The number of methoxy groups -OCH3 is 3. The number of hydrogen-bond acceptors (Lipinski definition) is 13. The molecule has 5 heterocycles. The molecule has 8 aromatic carbocycles. The average molecular weight is 1490 g/mol. The summed E-state index contributed by atoms with van der Waals surface area (Å²) >= 11 is 0. The number of aromatic nitrogens is 1. The largest absolute Gasteiger partial charge is 0.496 e. The predicted octanol–water partition coefficient (Wildman–Crippen LogP) is 25.2. The van der Waals surface area contributed by atoms with Crippen LogP contribution >= 0.6 is 0 Å². The van der Waals surface area contributed by atoms with Crippen LogP contribution < -0.4 is 33.7 Å². The standard InChI is InChI=1S/C96H113N7O8/c1-22-40-91(7,8)70-53-79(73(50-76(70)106-19)94(13,14)43-25-4)109-59-33-37-63-66(47-59)83-82-62-36-32-58(56-28-30-57(31-29-56)90(104)105)46-67(62)87(97-82)100-85-64-38-34-61(111-81-55-72(93(11,12)42-24-3)78(108-21)52-75(81)96(17,18)45-27-6)49-69(64)89(101-85)103-86-65-39-35-60(48-68(65)88(102-86)99-84(63)98-83)110-80-54-71(92(9,10)41-23-2)77(107-20)51-74(80)95(15,16)44-26-5/h28-39,46-55,83,101H,22-27,40-45H2,1-21H3,(H,104,105)(H,98,99,102,103)/b100-87-. The first-order chi connectivity index (χ1) is 52.8. The first kappa shape index (κ1) is 78.8. The number of benzene rings is 8. The highest BCUT2D eigenvalue weighted by atomic mass is 16.5. The van der Waals surface area contributed by atoms with Gasteiger partial charge in [-0.3, -0.25) is 0 Å². The third kappa shape index (κ3) is 15.3.